The summed E-state index contributed by atoms with van der Waals surface area (Å²) < 4.78 is 36.5. The summed E-state index contributed by atoms with van der Waals surface area (Å²) in [6, 6.07) is 6.36. The van der Waals surface area contributed by atoms with Crippen molar-refractivity contribution in [2.24, 2.45) is 4.99 Å². The van der Waals surface area contributed by atoms with Crippen LogP contribution >= 0.6 is 0 Å². The van der Waals surface area contributed by atoms with E-state index in [1.807, 2.05) is 25.1 Å². The van der Waals surface area contributed by atoms with Gasteiger partial charge in [0, 0.05) is 19.6 Å². The van der Waals surface area contributed by atoms with E-state index < -0.39 is 9.84 Å². The average molecular weight is 356 g/mol. The lowest BCUT2D eigenvalue weighted by Gasteiger charge is -2.26. The third-order valence-corrected chi connectivity index (χ3v) is 5.88. The predicted molar refractivity (Wildman–Crippen MR) is 94.4 cm³/mol. The van der Waals surface area contributed by atoms with E-state index in [-0.39, 0.29) is 29.4 Å². The molecule has 1 aromatic rings. The summed E-state index contributed by atoms with van der Waals surface area (Å²) in [5.74, 6) is 0.637. The minimum absolute atomic E-state index is 0.0356. The first kappa shape index (κ1) is 18.7. The van der Waals surface area contributed by atoms with Crippen LogP contribution in [0.4, 0.5) is 4.39 Å². The summed E-state index contributed by atoms with van der Waals surface area (Å²) in [5, 5.41) is 6.35. The van der Waals surface area contributed by atoms with Crippen LogP contribution in [0.25, 0.3) is 0 Å². The fourth-order valence-corrected chi connectivity index (χ4v) is 4.48. The molecule has 2 atom stereocenters. The smallest absolute Gasteiger partial charge is 0.191 e. The molecule has 1 fully saturated rings. The van der Waals surface area contributed by atoms with E-state index >= 15 is 0 Å². The van der Waals surface area contributed by atoms with Crippen molar-refractivity contribution in [2.45, 2.75) is 18.5 Å². The zero-order valence-electron chi connectivity index (χ0n) is 14.3. The molecule has 0 bridgehead atoms. The van der Waals surface area contributed by atoms with E-state index in [2.05, 4.69) is 15.6 Å². The monoisotopic (exact) mass is 356 g/mol. The molecule has 0 saturated carbocycles. The topological polar surface area (TPSA) is 73.8 Å². The molecule has 1 aliphatic rings. The number of hydrogen-bond acceptors (Lipinski definition) is 4. The second kappa shape index (κ2) is 7.94. The zero-order valence-corrected chi connectivity index (χ0v) is 15.1. The Kier molecular flexibility index (Phi) is 6.17. The average Bonchev–Trinajstić information content (AvgIpc) is 2.85. The van der Waals surface area contributed by atoms with Crippen LogP contribution in [-0.2, 0) is 9.84 Å². The van der Waals surface area contributed by atoms with Gasteiger partial charge in [0.25, 0.3) is 0 Å². The van der Waals surface area contributed by atoms with Gasteiger partial charge in [-0.25, -0.2) is 12.8 Å². The Morgan fingerprint density at radius 3 is 2.75 bits per heavy atom. The fraction of sp³-hybridized carbons (Fsp3) is 0.562. The van der Waals surface area contributed by atoms with Crippen molar-refractivity contribution < 1.29 is 12.8 Å². The molecule has 24 heavy (non-hydrogen) atoms. The quantitative estimate of drug-likeness (QED) is 0.603. The Hall–Kier alpha value is -1.67. The Labute approximate surface area is 143 Å². The van der Waals surface area contributed by atoms with Crippen molar-refractivity contribution in [2.75, 3.05) is 39.2 Å². The number of sulfone groups is 1. The van der Waals surface area contributed by atoms with Gasteiger partial charge < -0.3 is 15.5 Å². The van der Waals surface area contributed by atoms with E-state index in [1.54, 1.807) is 13.1 Å². The number of nitrogens with zero attached hydrogens (tertiary/aromatic N) is 2. The minimum Gasteiger partial charge on any atom is -0.354 e. The van der Waals surface area contributed by atoms with Gasteiger partial charge in [0.1, 0.15) is 5.82 Å². The molecule has 2 rings (SSSR count). The Morgan fingerprint density at radius 2 is 2.21 bits per heavy atom. The molecular weight excluding hydrogens is 331 g/mol. The summed E-state index contributed by atoms with van der Waals surface area (Å²) in [4.78, 5) is 6.14. The molecule has 2 unspecified atom stereocenters. The van der Waals surface area contributed by atoms with Crippen LogP contribution in [0.3, 0.4) is 0 Å². The number of rotatable bonds is 5. The molecule has 1 aliphatic heterocycles. The zero-order chi connectivity index (χ0) is 17.7. The van der Waals surface area contributed by atoms with Crippen molar-refractivity contribution in [1.29, 1.82) is 0 Å². The number of guanidine groups is 1. The van der Waals surface area contributed by atoms with Gasteiger partial charge in [0.15, 0.2) is 15.8 Å². The van der Waals surface area contributed by atoms with Gasteiger partial charge in [-0.05, 0) is 38.2 Å². The number of aliphatic imine (C=N–C) groups is 1. The first-order valence-electron chi connectivity index (χ1n) is 7.90. The van der Waals surface area contributed by atoms with E-state index in [0.29, 0.717) is 18.9 Å². The highest BCUT2D eigenvalue weighted by Gasteiger charge is 2.28. The highest BCUT2D eigenvalue weighted by Crippen LogP contribution is 2.18. The number of hydrogen-bond donors (Lipinski definition) is 2. The van der Waals surface area contributed by atoms with Gasteiger partial charge >= 0.3 is 0 Å². The van der Waals surface area contributed by atoms with Crippen molar-refractivity contribution in [1.82, 2.24) is 15.5 Å². The van der Waals surface area contributed by atoms with Crippen LogP contribution in [0, 0.1) is 5.82 Å². The summed E-state index contributed by atoms with van der Waals surface area (Å²) in [6.45, 7) is 0.523. The molecule has 0 aliphatic carbocycles. The standard InChI is InChI=1S/C16H25FN4O2S/c1-18-16(20-14-7-8-24(22,23)11-14)19-10-15(21(2)3)12-5-4-6-13(17)9-12/h4-6,9,14-15H,7-8,10-11H2,1-3H3,(H2,18,19,20). The fourth-order valence-electron chi connectivity index (χ4n) is 2.80. The number of likely N-dealkylation sites (N-methyl/N-ethyl adjacent to an activating group) is 1. The second-order valence-corrected chi connectivity index (χ2v) is 8.46. The van der Waals surface area contributed by atoms with Crippen LogP contribution in [-0.4, -0.2) is 64.5 Å². The first-order valence-corrected chi connectivity index (χ1v) is 9.72. The number of halogens is 1. The molecule has 1 saturated heterocycles. The van der Waals surface area contributed by atoms with Gasteiger partial charge in [-0.1, -0.05) is 12.1 Å². The lowest BCUT2D eigenvalue weighted by Crippen LogP contribution is -2.46. The van der Waals surface area contributed by atoms with E-state index in [4.69, 9.17) is 0 Å². The Morgan fingerprint density at radius 1 is 1.46 bits per heavy atom. The second-order valence-electron chi connectivity index (χ2n) is 6.23. The maximum Gasteiger partial charge on any atom is 0.191 e. The molecule has 1 heterocycles. The molecule has 0 aromatic heterocycles. The van der Waals surface area contributed by atoms with Crippen LogP contribution < -0.4 is 10.6 Å². The van der Waals surface area contributed by atoms with Gasteiger partial charge in [-0.15, -0.1) is 0 Å². The van der Waals surface area contributed by atoms with Crippen molar-refractivity contribution in [3.8, 4) is 0 Å². The SMILES string of the molecule is CN=C(NCC(c1cccc(F)c1)N(C)C)NC1CCS(=O)(=O)C1. The van der Waals surface area contributed by atoms with Crippen molar-refractivity contribution in [3.05, 3.63) is 35.6 Å². The predicted octanol–water partition coefficient (Wildman–Crippen LogP) is 0.780. The molecular formula is C16H25FN4O2S. The van der Waals surface area contributed by atoms with Gasteiger partial charge in [0.2, 0.25) is 0 Å². The van der Waals surface area contributed by atoms with E-state index in [9.17, 15) is 12.8 Å². The lowest BCUT2D eigenvalue weighted by atomic mass is 10.1. The number of nitrogens with one attached hydrogen (secondary N) is 2. The van der Waals surface area contributed by atoms with Crippen molar-refractivity contribution in [3.63, 3.8) is 0 Å². The van der Waals surface area contributed by atoms with Crippen LogP contribution in [0.2, 0.25) is 0 Å². The maximum absolute atomic E-state index is 13.5. The Bertz CT molecular complexity index is 691. The van der Waals surface area contributed by atoms with Gasteiger partial charge in [0.05, 0.1) is 17.5 Å². The molecule has 0 radical (unpaired) electrons. The third kappa shape index (κ3) is 5.17. The van der Waals surface area contributed by atoms with Gasteiger partial charge in [-0.2, -0.15) is 0 Å². The summed E-state index contributed by atoms with van der Waals surface area (Å²) in [6.07, 6.45) is 0.587. The van der Waals surface area contributed by atoms with E-state index in [0.717, 1.165) is 5.56 Å². The molecule has 0 spiro atoms. The molecule has 8 heteroatoms. The Balaban J connectivity index is 1.97. The summed E-state index contributed by atoms with van der Waals surface area (Å²) in [7, 11) is 2.56. The van der Waals surface area contributed by atoms with Crippen LogP contribution in [0.1, 0.15) is 18.0 Å². The molecule has 6 nitrogen and oxygen atoms in total. The normalized spacial score (nSPS) is 21.7. The summed E-state index contributed by atoms with van der Waals surface area (Å²) >= 11 is 0. The highest BCUT2D eigenvalue weighted by molar-refractivity contribution is 7.91. The largest absolute Gasteiger partial charge is 0.354 e. The van der Waals surface area contributed by atoms with E-state index in [1.165, 1.54) is 12.1 Å². The third-order valence-electron chi connectivity index (χ3n) is 4.12. The maximum atomic E-state index is 13.5. The van der Waals surface area contributed by atoms with Crippen LogP contribution in [0.5, 0.6) is 0 Å². The van der Waals surface area contributed by atoms with Gasteiger partial charge in [-0.3, -0.25) is 4.99 Å². The first-order chi connectivity index (χ1) is 11.3. The molecule has 1 aromatic carbocycles. The highest BCUT2D eigenvalue weighted by atomic mass is 32.2. The molecule has 0 amide bonds. The lowest BCUT2D eigenvalue weighted by molar-refractivity contribution is 0.297. The minimum atomic E-state index is -2.94. The molecule has 134 valence electrons. The van der Waals surface area contributed by atoms with Crippen LogP contribution in [0.15, 0.2) is 29.3 Å². The summed E-state index contributed by atoms with van der Waals surface area (Å²) in [5.41, 5.74) is 0.867. The van der Waals surface area contributed by atoms with Crippen molar-refractivity contribution >= 4 is 15.8 Å². The number of benzene rings is 1. The molecule has 2 N–H and O–H groups in total.